The maximum absolute atomic E-state index is 13.9. The maximum atomic E-state index is 13.9. The highest BCUT2D eigenvalue weighted by atomic mass is 16.6. The summed E-state index contributed by atoms with van der Waals surface area (Å²) < 4.78 is 10.8. The number of hydrogen-bond donors (Lipinski definition) is 2. The van der Waals surface area contributed by atoms with E-state index in [0.29, 0.717) is 32.4 Å². The number of likely N-dealkylation sites (N-methyl/N-ethyl adjacent to an activating group) is 2. The van der Waals surface area contributed by atoms with Gasteiger partial charge in [0.15, 0.2) is 6.10 Å². The van der Waals surface area contributed by atoms with Crippen molar-refractivity contribution in [1.29, 1.82) is 0 Å². The first-order chi connectivity index (χ1) is 19.8. The van der Waals surface area contributed by atoms with Crippen LogP contribution in [0.3, 0.4) is 0 Å². The molecule has 3 fully saturated rings. The number of cyclic esters (lactones) is 1. The first-order valence-electron chi connectivity index (χ1n) is 15.0. The number of epoxide rings is 1. The Morgan fingerprint density at radius 3 is 2.21 bits per heavy atom. The second-order valence-electron chi connectivity index (χ2n) is 12.0. The Labute approximate surface area is 248 Å². The van der Waals surface area contributed by atoms with Gasteiger partial charge in [0.05, 0.1) is 19.1 Å². The molecule has 0 aliphatic carbocycles. The predicted molar refractivity (Wildman–Crippen MR) is 152 cm³/mol. The lowest BCUT2D eigenvalue weighted by Crippen LogP contribution is -2.60. The van der Waals surface area contributed by atoms with Crippen molar-refractivity contribution in [3.8, 4) is 0 Å². The quantitative estimate of drug-likeness (QED) is 0.335. The highest BCUT2D eigenvalue weighted by Gasteiger charge is 2.44. The molecule has 42 heavy (non-hydrogen) atoms. The molecule has 0 aromatic carbocycles. The van der Waals surface area contributed by atoms with E-state index in [0.717, 1.165) is 0 Å². The van der Waals surface area contributed by atoms with Crippen LogP contribution < -0.4 is 10.6 Å². The van der Waals surface area contributed by atoms with Gasteiger partial charge in [-0.1, -0.05) is 34.1 Å². The van der Waals surface area contributed by atoms with Gasteiger partial charge in [0, 0.05) is 33.6 Å². The van der Waals surface area contributed by atoms with Gasteiger partial charge in [-0.15, -0.1) is 0 Å². The van der Waals surface area contributed by atoms with Crippen LogP contribution in [-0.4, -0.2) is 120 Å². The first-order valence-corrected chi connectivity index (χ1v) is 15.0. The lowest BCUT2D eigenvalue weighted by molar-refractivity contribution is -0.162. The molecular weight excluding hydrogens is 546 g/mol. The summed E-state index contributed by atoms with van der Waals surface area (Å²) in [6.07, 6.45) is 0.190. The smallest absolute Gasteiger partial charge is 0.308 e. The molecular formula is C29H47N5O8. The molecule has 1 unspecified atom stereocenters. The number of carbonyl (C=O) groups is 6. The van der Waals surface area contributed by atoms with Gasteiger partial charge in [0.2, 0.25) is 23.6 Å². The summed E-state index contributed by atoms with van der Waals surface area (Å²) in [7, 11) is 3.03. The molecule has 3 rings (SSSR count). The van der Waals surface area contributed by atoms with Crippen molar-refractivity contribution < 1.29 is 38.2 Å². The molecule has 13 nitrogen and oxygen atoms in total. The third-order valence-electron chi connectivity index (χ3n) is 8.63. The molecule has 7 atom stereocenters. The number of ether oxygens (including phenoxy) is 2. The molecule has 0 aromatic heterocycles. The van der Waals surface area contributed by atoms with Gasteiger partial charge in [0.25, 0.3) is 5.91 Å². The SMILES string of the molecule is CC[C@H](C)[C@@H]1NC(=O)[C@@H]2CCCN2C(=O)[C@@H](C[C@@H]2CO2)OC(=O)CCNC(=O)[C@H](C)N(C)C(=O)C(C(C)C)N(C)C1=O. The zero-order valence-corrected chi connectivity index (χ0v) is 25.9. The number of fused-ring (bicyclic) bond motifs is 1. The van der Waals surface area contributed by atoms with E-state index in [1.165, 1.54) is 28.8 Å². The minimum atomic E-state index is -1.14. The average molecular weight is 594 g/mol. The Balaban J connectivity index is 1.98. The molecule has 3 aliphatic heterocycles. The Kier molecular flexibility index (Phi) is 11.3. The number of nitrogens with zero attached hydrogens (tertiary/aromatic N) is 3. The van der Waals surface area contributed by atoms with E-state index in [2.05, 4.69) is 10.6 Å². The van der Waals surface area contributed by atoms with Crippen LogP contribution in [0, 0.1) is 11.8 Å². The molecule has 0 aromatic rings. The Morgan fingerprint density at radius 2 is 1.62 bits per heavy atom. The first kappa shape index (κ1) is 33.3. The van der Waals surface area contributed by atoms with Crippen LogP contribution in [0.25, 0.3) is 0 Å². The third kappa shape index (κ3) is 7.78. The molecule has 3 heterocycles. The van der Waals surface area contributed by atoms with Gasteiger partial charge >= 0.3 is 5.97 Å². The molecule has 5 amide bonds. The zero-order valence-electron chi connectivity index (χ0n) is 25.9. The van der Waals surface area contributed by atoms with Gasteiger partial charge in [-0.3, -0.25) is 28.8 Å². The standard InChI is InChI=1S/C29H47N5O8/c1-8-17(4)23-28(39)33(7)24(16(2)3)29(40)32(6)18(5)25(36)30-12-11-22(35)42-21(14-19-15-41-19)27(38)34-13-9-10-20(34)26(37)31-23/h16-21,23-24H,8-15H2,1-7H3,(H,30,36)(H,31,37)/t17-,18-,19+,20-,21+,23-,24?/m0/s1. The molecule has 236 valence electrons. The van der Waals surface area contributed by atoms with Crippen LogP contribution in [0.15, 0.2) is 0 Å². The molecule has 0 saturated carbocycles. The summed E-state index contributed by atoms with van der Waals surface area (Å²) >= 11 is 0. The van der Waals surface area contributed by atoms with Gasteiger partial charge in [-0.2, -0.15) is 0 Å². The van der Waals surface area contributed by atoms with E-state index in [-0.39, 0.29) is 37.3 Å². The number of carbonyl (C=O) groups excluding carboxylic acids is 6. The second kappa shape index (κ2) is 14.3. The van der Waals surface area contributed by atoms with Crippen LogP contribution in [0.4, 0.5) is 0 Å². The van der Waals surface area contributed by atoms with E-state index in [1.807, 2.05) is 27.7 Å². The molecule has 0 bridgehead atoms. The van der Waals surface area contributed by atoms with Gasteiger partial charge in [-0.25, -0.2) is 0 Å². The Morgan fingerprint density at radius 1 is 0.952 bits per heavy atom. The number of esters is 1. The van der Waals surface area contributed by atoms with Crippen molar-refractivity contribution in [3.05, 3.63) is 0 Å². The second-order valence-corrected chi connectivity index (χ2v) is 12.0. The number of hydrogen-bond acceptors (Lipinski definition) is 8. The highest BCUT2D eigenvalue weighted by molar-refractivity contribution is 5.96. The summed E-state index contributed by atoms with van der Waals surface area (Å²) in [5.74, 6) is -3.51. The lowest BCUT2D eigenvalue weighted by Gasteiger charge is -2.38. The zero-order chi connectivity index (χ0) is 31.3. The normalized spacial score (nSPS) is 31.6. The topological polar surface area (TPSA) is 158 Å². The summed E-state index contributed by atoms with van der Waals surface area (Å²) in [5, 5.41) is 5.54. The molecule has 3 saturated heterocycles. The monoisotopic (exact) mass is 593 g/mol. The number of rotatable bonds is 5. The van der Waals surface area contributed by atoms with Crippen molar-refractivity contribution >= 4 is 35.5 Å². The summed E-state index contributed by atoms with van der Waals surface area (Å²) in [6.45, 7) is 9.65. The van der Waals surface area contributed by atoms with Crippen LogP contribution in [-0.2, 0) is 38.2 Å². The minimum Gasteiger partial charge on any atom is -0.452 e. The molecule has 3 aliphatic rings. The van der Waals surface area contributed by atoms with Gasteiger partial charge < -0.3 is 34.8 Å². The fraction of sp³-hybridized carbons (Fsp3) is 0.793. The van der Waals surface area contributed by atoms with Crippen LogP contribution in [0.5, 0.6) is 0 Å². The van der Waals surface area contributed by atoms with Gasteiger partial charge in [0.1, 0.15) is 24.2 Å². The minimum absolute atomic E-state index is 0.0534. The highest BCUT2D eigenvalue weighted by Crippen LogP contribution is 2.25. The Hall–Kier alpha value is -3.22. The molecule has 13 heteroatoms. The van der Waals surface area contributed by atoms with Crippen LogP contribution >= 0.6 is 0 Å². The molecule has 0 spiro atoms. The summed E-state index contributed by atoms with van der Waals surface area (Å²) in [4.78, 5) is 84.5. The average Bonchev–Trinajstić information content (AvgIpc) is 3.63. The van der Waals surface area contributed by atoms with E-state index in [4.69, 9.17) is 9.47 Å². The maximum Gasteiger partial charge on any atom is 0.308 e. The van der Waals surface area contributed by atoms with Crippen molar-refractivity contribution in [2.24, 2.45) is 11.8 Å². The van der Waals surface area contributed by atoms with Crippen molar-refractivity contribution in [2.45, 2.75) is 103 Å². The molecule has 0 radical (unpaired) electrons. The lowest BCUT2D eigenvalue weighted by atomic mass is 9.94. The van der Waals surface area contributed by atoms with Crippen molar-refractivity contribution in [3.63, 3.8) is 0 Å². The Bertz CT molecular complexity index is 1050. The molecule has 2 N–H and O–H groups in total. The summed E-state index contributed by atoms with van der Waals surface area (Å²) in [6, 6.07) is -3.56. The van der Waals surface area contributed by atoms with E-state index >= 15 is 0 Å². The van der Waals surface area contributed by atoms with E-state index in [1.54, 1.807) is 6.92 Å². The largest absolute Gasteiger partial charge is 0.452 e. The van der Waals surface area contributed by atoms with E-state index in [9.17, 15) is 28.8 Å². The van der Waals surface area contributed by atoms with Gasteiger partial charge in [-0.05, 0) is 31.6 Å². The predicted octanol–water partition coefficient (Wildman–Crippen LogP) is 0.0588. The fourth-order valence-electron chi connectivity index (χ4n) is 5.55. The van der Waals surface area contributed by atoms with Crippen molar-refractivity contribution in [2.75, 3.05) is 33.8 Å². The van der Waals surface area contributed by atoms with Crippen molar-refractivity contribution in [1.82, 2.24) is 25.3 Å². The summed E-state index contributed by atoms with van der Waals surface area (Å²) in [5.41, 5.74) is 0. The van der Waals surface area contributed by atoms with Crippen LogP contribution in [0.2, 0.25) is 0 Å². The fourth-order valence-corrected chi connectivity index (χ4v) is 5.55. The number of nitrogens with one attached hydrogen (secondary N) is 2. The number of amides is 5. The van der Waals surface area contributed by atoms with E-state index < -0.39 is 65.8 Å². The third-order valence-corrected chi connectivity index (χ3v) is 8.63. The van der Waals surface area contributed by atoms with Crippen LogP contribution in [0.1, 0.15) is 66.7 Å².